The maximum atomic E-state index is 5.70. The predicted octanol–water partition coefficient (Wildman–Crippen LogP) is 3.15. The molecule has 0 bridgehead atoms. The number of fused-ring (bicyclic) bond motifs is 1. The molecule has 3 heterocycles. The first-order valence-electron chi connectivity index (χ1n) is 6.02. The number of methoxy groups -OCH3 is 1. The Morgan fingerprint density at radius 2 is 2.00 bits per heavy atom. The second-order valence-electron chi connectivity index (χ2n) is 4.32. The number of aromatic nitrogens is 5. The van der Waals surface area contributed by atoms with Crippen LogP contribution in [0, 0.1) is 0 Å². The monoisotopic (exact) mass is 490 g/mol. The lowest BCUT2D eigenvalue weighted by molar-refractivity contribution is 0.407. The summed E-state index contributed by atoms with van der Waals surface area (Å²) >= 11 is 10.2. The molecule has 114 valence electrons. The molecule has 3 aromatic heterocycles. The van der Waals surface area contributed by atoms with Gasteiger partial charge < -0.3 is 15.0 Å². The fraction of sp³-hybridized carbons (Fsp3) is 0.167. The van der Waals surface area contributed by atoms with Crippen molar-refractivity contribution in [1.29, 1.82) is 0 Å². The van der Waals surface area contributed by atoms with Crippen LogP contribution in [0.4, 0.5) is 5.95 Å². The molecular weight excluding hydrogens is 484 g/mol. The second kappa shape index (κ2) is 6.09. The van der Waals surface area contributed by atoms with Crippen LogP contribution in [0.15, 0.2) is 26.1 Å². The molecule has 0 spiro atoms. The largest absolute Gasteiger partial charge is 0.494 e. The SMILES string of the molecule is COc1c(Br)cnc(Cn2cnc3c(Br)nc(N)nc32)c1Br. The topological polar surface area (TPSA) is 91.7 Å². The van der Waals surface area contributed by atoms with Crippen LogP contribution in [0.2, 0.25) is 0 Å². The summed E-state index contributed by atoms with van der Waals surface area (Å²) in [6, 6.07) is 0. The Kier molecular flexibility index (Phi) is 4.33. The maximum absolute atomic E-state index is 5.70. The lowest BCUT2D eigenvalue weighted by Gasteiger charge is -2.10. The normalized spacial score (nSPS) is 11.1. The number of anilines is 1. The van der Waals surface area contributed by atoms with E-state index in [2.05, 4.69) is 67.7 Å². The summed E-state index contributed by atoms with van der Waals surface area (Å²) in [5, 5.41) is 0. The van der Waals surface area contributed by atoms with Gasteiger partial charge in [-0.2, -0.15) is 4.98 Å². The summed E-state index contributed by atoms with van der Waals surface area (Å²) < 4.78 is 9.30. The van der Waals surface area contributed by atoms with E-state index in [-0.39, 0.29) is 5.95 Å². The number of hydrogen-bond acceptors (Lipinski definition) is 6. The van der Waals surface area contributed by atoms with Gasteiger partial charge in [0.1, 0.15) is 10.1 Å². The van der Waals surface area contributed by atoms with Gasteiger partial charge in [-0.25, -0.2) is 9.97 Å². The molecular formula is C12H9Br3N6O. The van der Waals surface area contributed by atoms with Crippen LogP contribution in [0.25, 0.3) is 11.2 Å². The Morgan fingerprint density at radius 1 is 1.23 bits per heavy atom. The van der Waals surface area contributed by atoms with E-state index in [0.29, 0.717) is 28.1 Å². The van der Waals surface area contributed by atoms with Crippen molar-refractivity contribution in [3.63, 3.8) is 0 Å². The molecule has 3 rings (SSSR count). The number of imidazole rings is 1. The van der Waals surface area contributed by atoms with Crippen molar-refractivity contribution in [2.45, 2.75) is 6.54 Å². The molecule has 0 aliphatic rings. The van der Waals surface area contributed by atoms with E-state index in [1.807, 2.05) is 4.57 Å². The molecule has 0 unspecified atom stereocenters. The van der Waals surface area contributed by atoms with Gasteiger partial charge in [-0.15, -0.1) is 0 Å². The van der Waals surface area contributed by atoms with Crippen LogP contribution >= 0.6 is 47.8 Å². The molecule has 2 N–H and O–H groups in total. The van der Waals surface area contributed by atoms with Crippen molar-refractivity contribution in [1.82, 2.24) is 24.5 Å². The molecule has 0 aliphatic carbocycles. The Balaban J connectivity index is 2.08. The van der Waals surface area contributed by atoms with Crippen molar-refractivity contribution in [2.24, 2.45) is 0 Å². The van der Waals surface area contributed by atoms with Gasteiger partial charge in [0.05, 0.1) is 34.6 Å². The first kappa shape index (κ1) is 15.6. The Labute approximate surface area is 150 Å². The Bertz CT molecular complexity index is 866. The summed E-state index contributed by atoms with van der Waals surface area (Å²) in [5.41, 5.74) is 7.76. The zero-order valence-electron chi connectivity index (χ0n) is 11.2. The third kappa shape index (κ3) is 2.70. The van der Waals surface area contributed by atoms with Gasteiger partial charge in [-0.05, 0) is 47.8 Å². The van der Waals surface area contributed by atoms with Crippen LogP contribution in [-0.4, -0.2) is 31.6 Å². The van der Waals surface area contributed by atoms with Crippen molar-refractivity contribution < 1.29 is 4.74 Å². The lowest BCUT2D eigenvalue weighted by atomic mass is 10.3. The van der Waals surface area contributed by atoms with E-state index in [1.165, 1.54) is 0 Å². The summed E-state index contributed by atoms with van der Waals surface area (Å²) in [7, 11) is 1.60. The zero-order chi connectivity index (χ0) is 15.9. The van der Waals surface area contributed by atoms with E-state index in [4.69, 9.17) is 10.5 Å². The summed E-state index contributed by atoms with van der Waals surface area (Å²) in [6.45, 7) is 0.462. The summed E-state index contributed by atoms with van der Waals surface area (Å²) in [5.74, 6) is 0.867. The molecule has 22 heavy (non-hydrogen) atoms. The average Bonchev–Trinajstić information content (AvgIpc) is 2.86. The zero-order valence-corrected chi connectivity index (χ0v) is 16.0. The summed E-state index contributed by atoms with van der Waals surface area (Å²) in [4.78, 5) is 17.0. The number of halogens is 3. The first-order chi connectivity index (χ1) is 10.5. The number of nitrogens with zero attached hydrogens (tertiary/aromatic N) is 5. The number of nitrogen functional groups attached to an aromatic ring is 1. The van der Waals surface area contributed by atoms with E-state index < -0.39 is 0 Å². The molecule has 0 aliphatic heterocycles. The van der Waals surface area contributed by atoms with Crippen LogP contribution in [-0.2, 0) is 6.54 Å². The number of nitrogens with two attached hydrogens (primary N) is 1. The van der Waals surface area contributed by atoms with Gasteiger partial charge in [0.25, 0.3) is 0 Å². The molecule has 0 amide bonds. The van der Waals surface area contributed by atoms with Gasteiger partial charge in [0.2, 0.25) is 5.95 Å². The number of ether oxygens (including phenoxy) is 1. The minimum Gasteiger partial charge on any atom is -0.494 e. The van der Waals surface area contributed by atoms with Crippen molar-refractivity contribution in [3.05, 3.63) is 31.8 Å². The van der Waals surface area contributed by atoms with Crippen LogP contribution in [0.3, 0.4) is 0 Å². The van der Waals surface area contributed by atoms with Crippen molar-refractivity contribution in [3.8, 4) is 5.75 Å². The molecule has 0 fully saturated rings. The minimum atomic E-state index is 0.182. The maximum Gasteiger partial charge on any atom is 0.223 e. The van der Waals surface area contributed by atoms with Gasteiger partial charge in [-0.1, -0.05) is 0 Å². The molecule has 7 nitrogen and oxygen atoms in total. The smallest absolute Gasteiger partial charge is 0.223 e. The van der Waals surface area contributed by atoms with E-state index >= 15 is 0 Å². The highest BCUT2D eigenvalue weighted by atomic mass is 79.9. The van der Waals surface area contributed by atoms with Gasteiger partial charge >= 0.3 is 0 Å². The Morgan fingerprint density at radius 3 is 2.73 bits per heavy atom. The molecule has 3 aromatic rings. The predicted molar refractivity (Wildman–Crippen MR) is 92.7 cm³/mol. The molecule has 0 saturated carbocycles. The molecule has 0 aromatic carbocycles. The molecule has 0 atom stereocenters. The highest BCUT2D eigenvalue weighted by Crippen LogP contribution is 2.35. The fourth-order valence-electron chi connectivity index (χ4n) is 1.99. The quantitative estimate of drug-likeness (QED) is 0.565. The molecule has 0 saturated heterocycles. The van der Waals surface area contributed by atoms with Gasteiger partial charge in [0.15, 0.2) is 11.4 Å². The minimum absolute atomic E-state index is 0.182. The van der Waals surface area contributed by atoms with Crippen LogP contribution in [0.5, 0.6) is 5.75 Å². The standard InChI is InChI=1S/C12H9Br3N6O/c1-22-9-5(13)2-17-6(7(9)14)3-21-4-18-8-10(15)19-12(16)20-11(8)21/h2,4H,3H2,1H3,(H2,16,19,20). The van der Waals surface area contributed by atoms with Gasteiger partial charge in [0, 0.05) is 6.20 Å². The highest BCUT2D eigenvalue weighted by Gasteiger charge is 2.15. The van der Waals surface area contributed by atoms with Crippen molar-refractivity contribution >= 4 is 64.9 Å². The lowest BCUT2D eigenvalue weighted by Crippen LogP contribution is -2.05. The number of pyridine rings is 1. The Hall–Kier alpha value is -1.26. The third-order valence-corrected chi connectivity index (χ3v) is 4.90. The van der Waals surface area contributed by atoms with Crippen LogP contribution in [0.1, 0.15) is 5.69 Å². The van der Waals surface area contributed by atoms with Crippen molar-refractivity contribution in [2.75, 3.05) is 12.8 Å². The number of rotatable bonds is 3. The third-order valence-electron chi connectivity index (χ3n) is 2.97. The molecule has 10 heteroatoms. The van der Waals surface area contributed by atoms with Gasteiger partial charge in [-0.3, -0.25) is 4.98 Å². The molecule has 0 radical (unpaired) electrons. The summed E-state index contributed by atoms with van der Waals surface area (Å²) in [6.07, 6.45) is 3.36. The first-order valence-corrected chi connectivity index (χ1v) is 8.40. The van der Waals surface area contributed by atoms with E-state index in [9.17, 15) is 0 Å². The second-order valence-corrected chi connectivity index (χ2v) is 6.72. The van der Waals surface area contributed by atoms with E-state index in [1.54, 1.807) is 19.6 Å². The number of hydrogen-bond donors (Lipinski definition) is 1. The average molecular weight is 493 g/mol. The highest BCUT2D eigenvalue weighted by molar-refractivity contribution is 9.11. The van der Waals surface area contributed by atoms with Crippen LogP contribution < -0.4 is 10.5 Å². The van der Waals surface area contributed by atoms with E-state index in [0.717, 1.165) is 14.6 Å². The fourth-order valence-corrected chi connectivity index (χ4v) is 3.78.